The second-order valence-corrected chi connectivity index (χ2v) is 4.22. The van der Waals surface area contributed by atoms with Gasteiger partial charge in [-0.05, 0) is 33.7 Å². The van der Waals surface area contributed by atoms with Crippen LogP contribution in [0.25, 0.3) is 0 Å². The predicted molar refractivity (Wildman–Crippen MR) is 55.0 cm³/mol. The fourth-order valence-corrected chi connectivity index (χ4v) is 1.63. The largest absolute Gasteiger partial charge is 0.374 e. The number of nitrogens with one attached hydrogen (secondary N) is 2. The summed E-state index contributed by atoms with van der Waals surface area (Å²) < 4.78 is 5.67. The summed E-state index contributed by atoms with van der Waals surface area (Å²) >= 11 is 0. The minimum absolute atomic E-state index is 0.0907. The summed E-state index contributed by atoms with van der Waals surface area (Å²) in [7, 11) is 1.99. The number of ether oxygens (including phenoxy) is 1. The molecule has 0 aromatic carbocycles. The Morgan fingerprint density at radius 3 is 2.85 bits per heavy atom. The summed E-state index contributed by atoms with van der Waals surface area (Å²) in [4.78, 5) is 0. The summed E-state index contributed by atoms with van der Waals surface area (Å²) in [6.45, 7) is 7.27. The van der Waals surface area contributed by atoms with Crippen LogP contribution in [0.15, 0.2) is 0 Å². The molecule has 0 bridgehead atoms. The molecule has 3 nitrogen and oxygen atoms in total. The van der Waals surface area contributed by atoms with Crippen molar-refractivity contribution in [3.8, 4) is 0 Å². The van der Waals surface area contributed by atoms with Gasteiger partial charge in [-0.1, -0.05) is 0 Å². The Balaban J connectivity index is 2.11. The summed E-state index contributed by atoms with van der Waals surface area (Å²) in [5, 5.41) is 6.63. The van der Waals surface area contributed by atoms with Crippen molar-refractivity contribution in [2.75, 3.05) is 26.7 Å². The van der Waals surface area contributed by atoms with E-state index in [1.54, 1.807) is 0 Å². The smallest absolute Gasteiger partial charge is 0.0779 e. The van der Waals surface area contributed by atoms with Crippen molar-refractivity contribution < 1.29 is 4.74 Å². The van der Waals surface area contributed by atoms with Crippen molar-refractivity contribution in [3.63, 3.8) is 0 Å². The lowest BCUT2D eigenvalue weighted by molar-refractivity contribution is 0.0207. The summed E-state index contributed by atoms with van der Waals surface area (Å²) in [5.41, 5.74) is 0.0907. The van der Waals surface area contributed by atoms with Gasteiger partial charge in [0.15, 0.2) is 0 Å². The third kappa shape index (κ3) is 3.63. The van der Waals surface area contributed by atoms with Crippen molar-refractivity contribution in [3.05, 3.63) is 0 Å². The minimum atomic E-state index is 0.0907. The SMILES string of the molecule is CNC(C)CNCC1(C)CCCO1. The maximum absolute atomic E-state index is 5.67. The molecule has 2 N–H and O–H groups in total. The van der Waals surface area contributed by atoms with E-state index in [1.165, 1.54) is 12.8 Å². The molecule has 1 aliphatic rings. The van der Waals surface area contributed by atoms with E-state index in [4.69, 9.17) is 4.74 Å². The lowest BCUT2D eigenvalue weighted by atomic mass is 10.0. The van der Waals surface area contributed by atoms with Crippen LogP contribution in [0, 0.1) is 0 Å². The quantitative estimate of drug-likeness (QED) is 0.665. The van der Waals surface area contributed by atoms with Crippen LogP contribution in [-0.2, 0) is 4.74 Å². The van der Waals surface area contributed by atoms with Crippen molar-refractivity contribution >= 4 is 0 Å². The van der Waals surface area contributed by atoms with E-state index in [9.17, 15) is 0 Å². The van der Waals surface area contributed by atoms with Gasteiger partial charge in [0, 0.05) is 25.7 Å². The molecule has 0 radical (unpaired) electrons. The van der Waals surface area contributed by atoms with Gasteiger partial charge >= 0.3 is 0 Å². The van der Waals surface area contributed by atoms with Crippen molar-refractivity contribution in [1.29, 1.82) is 0 Å². The zero-order valence-corrected chi connectivity index (χ0v) is 9.02. The van der Waals surface area contributed by atoms with Gasteiger partial charge in [0.1, 0.15) is 0 Å². The van der Waals surface area contributed by atoms with Crippen LogP contribution in [0.2, 0.25) is 0 Å². The molecule has 3 heteroatoms. The average molecular weight is 186 g/mol. The molecular weight excluding hydrogens is 164 g/mol. The first-order valence-electron chi connectivity index (χ1n) is 5.18. The fourth-order valence-electron chi connectivity index (χ4n) is 1.63. The third-order valence-corrected chi connectivity index (χ3v) is 2.74. The van der Waals surface area contributed by atoms with Crippen LogP contribution in [0.1, 0.15) is 26.7 Å². The molecule has 0 aliphatic carbocycles. The lowest BCUT2D eigenvalue weighted by Gasteiger charge is -2.24. The molecule has 1 aliphatic heterocycles. The molecule has 78 valence electrons. The number of rotatable bonds is 5. The average Bonchev–Trinajstić information content (AvgIpc) is 2.52. The normalized spacial score (nSPS) is 30.7. The van der Waals surface area contributed by atoms with E-state index in [2.05, 4.69) is 24.5 Å². The van der Waals surface area contributed by atoms with Gasteiger partial charge in [0.25, 0.3) is 0 Å². The van der Waals surface area contributed by atoms with Gasteiger partial charge in [-0.25, -0.2) is 0 Å². The highest BCUT2D eigenvalue weighted by Gasteiger charge is 2.28. The maximum Gasteiger partial charge on any atom is 0.0779 e. The number of hydrogen-bond donors (Lipinski definition) is 2. The number of likely N-dealkylation sites (N-methyl/N-ethyl adjacent to an activating group) is 1. The number of hydrogen-bond acceptors (Lipinski definition) is 3. The van der Waals surface area contributed by atoms with Crippen LogP contribution in [0.3, 0.4) is 0 Å². The molecular formula is C10H22N2O. The van der Waals surface area contributed by atoms with Crippen LogP contribution >= 0.6 is 0 Å². The molecule has 0 spiro atoms. The molecule has 2 atom stereocenters. The summed E-state index contributed by atoms with van der Waals surface area (Å²) in [5.74, 6) is 0. The second kappa shape index (κ2) is 4.94. The molecule has 13 heavy (non-hydrogen) atoms. The van der Waals surface area contributed by atoms with E-state index in [-0.39, 0.29) is 5.60 Å². The van der Waals surface area contributed by atoms with Crippen LogP contribution in [0.5, 0.6) is 0 Å². The molecule has 1 fully saturated rings. The highest BCUT2D eigenvalue weighted by atomic mass is 16.5. The Bertz CT molecular complexity index is 144. The standard InChI is InChI=1S/C10H22N2O/c1-9(11-3)7-12-8-10(2)5-4-6-13-10/h9,11-12H,4-8H2,1-3H3. The topological polar surface area (TPSA) is 33.3 Å². The summed E-state index contributed by atoms with van der Waals surface area (Å²) in [6, 6.07) is 0.532. The molecule has 2 unspecified atom stereocenters. The van der Waals surface area contributed by atoms with E-state index < -0.39 is 0 Å². The minimum Gasteiger partial charge on any atom is -0.374 e. The van der Waals surface area contributed by atoms with Gasteiger partial charge < -0.3 is 15.4 Å². The van der Waals surface area contributed by atoms with E-state index in [1.807, 2.05) is 7.05 Å². The second-order valence-electron chi connectivity index (χ2n) is 4.22. The Hall–Kier alpha value is -0.120. The molecule has 0 aromatic rings. The zero-order valence-electron chi connectivity index (χ0n) is 9.02. The first-order valence-corrected chi connectivity index (χ1v) is 5.18. The van der Waals surface area contributed by atoms with Crippen molar-refractivity contribution in [2.45, 2.75) is 38.3 Å². The van der Waals surface area contributed by atoms with E-state index in [0.717, 1.165) is 19.7 Å². The Labute approximate surface area is 81.2 Å². The maximum atomic E-state index is 5.67. The third-order valence-electron chi connectivity index (χ3n) is 2.74. The van der Waals surface area contributed by atoms with Crippen LogP contribution in [-0.4, -0.2) is 38.4 Å². The molecule has 0 aromatic heterocycles. The first-order chi connectivity index (χ1) is 6.16. The molecule has 1 heterocycles. The first kappa shape index (κ1) is 11.0. The van der Waals surface area contributed by atoms with Crippen LogP contribution < -0.4 is 10.6 Å². The van der Waals surface area contributed by atoms with Crippen molar-refractivity contribution in [1.82, 2.24) is 10.6 Å². The van der Waals surface area contributed by atoms with Gasteiger partial charge in [0.2, 0.25) is 0 Å². The van der Waals surface area contributed by atoms with Crippen molar-refractivity contribution in [2.24, 2.45) is 0 Å². The Kier molecular flexibility index (Phi) is 4.16. The lowest BCUT2D eigenvalue weighted by Crippen LogP contribution is -2.42. The van der Waals surface area contributed by atoms with Crippen LogP contribution in [0.4, 0.5) is 0 Å². The van der Waals surface area contributed by atoms with Gasteiger partial charge in [0.05, 0.1) is 5.60 Å². The highest BCUT2D eigenvalue weighted by molar-refractivity contribution is 4.82. The zero-order chi connectivity index (χ0) is 9.73. The van der Waals surface area contributed by atoms with Gasteiger partial charge in [-0.2, -0.15) is 0 Å². The Morgan fingerprint density at radius 1 is 1.54 bits per heavy atom. The molecule has 0 amide bonds. The van der Waals surface area contributed by atoms with Gasteiger partial charge in [-0.15, -0.1) is 0 Å². The fraction of sp³-hybridized carbons (Fsp3) is 1.00. The molecule has 0 saturated carbocycles. The highest BCUT2D eigenvalue weighted by Crippen LogP contribution is 2.23. The monoisotopic (exact) mass is 186 g/mol. The molecule has 1 rings (SSSR count). The van der Waals surface area contributed by atoms with E-state index >= 15 is 0 Å². The van der Waals surface area contributed by atoms with Gasteiger partial charge in [-0.3, -0.25) is 0 Å². The molecule has 1 saturated heterocycles. The summed E-state index contributed by atoms with van der Waals surface area (Å²) in [6.07, 6.45) is 2.40. The Morgan fingerprint density at radius 2 is 2.31 bits per heavy atom. The van der Waals surface area contributed by atoms with E-state index in [0.29, 0.717) is 6.04 Å². The predicted octanol–water partition coefficient (Wildman–Crippen LogP) is 0.753.